The number of nitriles is 1. The van der Waals surface area contributed by atoms with Crippen molar-refractivity contribution >= 4 is 11.8 Å². The van der Waals surface area contributed by atoms with E-state index in [0.717, 1.165) is 4.90 Å². The molecule has 0 heterocycles. The molecule has 0 bridgehead atoms. The lowest BCUT2D eigenvalue weighted by atomic mass is 10.2. The molecular weight excluding hydrogens is 182 g/mol. The standard InChI is InChI=1S/C10H11NOS/c1-10(7-11,8-12)13-9-5-3-2-4-6-9/h2-6,12H,8H2,1H3. The van der Waals surface area contributed by atoms with Crippen molar-refractivity contribution in [1.29, 1.82) is 5.26 Å². The highest BCUT2D eigenvalue weighted by molar-refractivity contribution is 8.01. The molecule has 0 saturated carbocycles. The smallest absolute Gasteiger partial charge is 0.127 e. The molecule has 0 aliphatic carbocycles. The zero-order chi connectivity index (χ0) is 9.73. The number of aliphatic hydroxyl groups is 1. The first-order valence-corrected chi connectivity index (χ1v) is 4.78. The largest absolute Gasteiger partial charge is 0.394 e. The van der Waals surface area contributed by atoms with Gasteiger partial charge >= 0.3 is 0 Å². The maximum atomic E-state index is 9.00. The maximum absolute atomic E-state index is 9.00. The molecular formula is C10H11NOS. The average Bonchev–Trinajstić information content (AvgIpc) is 2.19. The molecule has 1 unspecified atom stereocenters. The Hall–Kier alpha value is -0.980. The predicted molar refractivity (Wildman–Crippen MR) is 53.4 cm³/mol. The molecule has 2 nitrogen and oxygen atoms in total. The summed E-state index contributed by atoms with van der Waals surface area (Å²) in [6.45, 7) is 1.59. The van der Waals surface area contributed by atoms with Crippen molar-refractivity contribution in [1.82, 2.24) is 0 Å². The van der Waals surface area contributed by atoms with Gasteiger partial charge in [-0.3, -0.25) is 0 Å². The summed E-state index contributed by atoms with van der Waals surface area (Å²) in [6, 6.07) is 11.7. The van der Waals surface area contributed by atoms with Crippen molar-refractivity contribution in [2.75, 3.05) is 6.61 Å². The molecule has 0 radical (unpaired) electrons. The summed E-state index contributed by atoms with van der Waals surface area (Å²) in [6.07, 6.45) is 0. The fourth-order valence-electron chi connectivity index (χ4n) is 0.839. The number of hydrogen-bond acceptors (Lipinski definition) is 3. The van der Waals surface area contributed by atoms with Crippen molar-refractivity contribution in [2.45, 2.75) is 16.6 Å². The van der Waals surface area contributed by atoms with Gasteiger partial charge in [0.05, 0.1) is 12.7 Å². The summed E-state index contributed by atoms with van der Waals surface area (Å²) in [5, 5.41) is 17.8. The van der Waals surface area contributed by atoms with E-state index in [-0.39, 0.29) is 6.61 Å². The first kappa shape index (κ1) is 10.1. The minimum absolute atomic E-state index is 0.136. The number of hydrogen-bond donors (Lipinski definition) is 1. The molecule has 0 aliphatic rings. The van der Waals surface area contributed by atoms with E-state index in [0.29, 0.717) is 0 Å². The van der Waals surface area contributed by atoms with Gasteiger partial charge in [0.15, 0.2) is 0 Å². The molecule has 0 aromatic heterocycles. The number of benzene rings is 1. The lowest BCUT2D eigenvalue weighted by molar-refractivity contribution is 0.279. The average molecular weight is 193 g/mol. The summed E-state index contributed by atoms with van der Waals surface area (Å²) < 4.78 is -0.735. The highest BCUT2D eigenvalue weighted by Gasteiger charge is 2.23. The van der Waals surface area contributed by atoms with Crippen LogP contribution in [0.1, 0.15) is 6.92 Å². The number of rotatable bonds is 3. The van der Waals surface area contributed by atoms with Crippen LogP contribution in [-0.2, 0) is 0 Å². The van der Waals surface area contributed by atoms with Crippen LogP contribution in [0.25, 0.3) is 0 Å². The number of nitrogens with zero attached hydrogens (tertiary/aromatic N) is 1. The molecule has 0 fully saturated rings. The van der Waals surface area contributed by atoms with E-state index in [1.807, 2.05) is 30.3 Å². The van der Waals surface area contributed by atoms with E-state index >= 15 is 0 Å². The predicted octanol–water partition coefficient (Wildman–Crippen LogP) is 2.05. The first-order valence-electron chi connectivity index (χ1n) is 3.96. The number of aliphatic hydroxyl groups excluding tert-OH is 1. The minimum atomic E-state index is -0.735. The maximum Gasteiger partial charge on any atom is 0.127 e. The highest BCUT2D eigenvalue weighted by Crippen LogP contribution is 2.31. The van der Waals surface area contributed by atoms with Crippen LogP contribution in [0.3, 0.4) is 0 Å². The lowest BCUT2D eigenvalue weighted by Crippen LogP contribution is -2.22. The van der Waals surface area contributed by atoms with E-state index in [2.05, 4.69) is 6.07 Å². The van der Waals surface area contributed by atoms with Crippen molar-refractivity contribution in [3.63, 3.8) is 0 Å². The van der Waals surface area contributed by atoms with E-state index < -0.39 is 4.75 Å². The summed E-state index contributed by atoms with van der Waals surface area (Å²) in [4.78, 5) is 1.00. The Bertz CT molecular complexity index is 306. The van der Waals surface area contributed by atoms with Gasteiger partial charge in [0.1, 0.15) is 4.75 Å². The van der Waals surface area contributed by atoms with Gasteiger partial charge in [-0.1, -0.05) is 18.2 Å². The number of thioether (sulfide) groups is 1. The van der Waals surface area contributed by atoms with Crippen molar-refractivity contribution in [3.8, 4) is 6.07 Å². The second-order valence-electron chi connectivity index (χ2n) is 2.92. The second kappa shape index (κ2) is 4.31. The van der Waals surface area contributed by atoms with Crippen LogP contribution in [0.4, 0.5) is 0 Å². The molecule has 0 spiro atoms. The highest BCUT2D eigenvalue weighted by atomic mass is 32.2. The summed E-state index contributed by atoms with van der Waals surface area (Å²) in [7, 11) is 0. The summed E-state index contributed by atoms with van der Waals surface area (Å²) in [5.74, 6) is 0. The van der Waals surface area contributed by atoms with Gasteiger partial charge in [-0.15, -0.1) is 11.8 Å². The van der Waals surface area contributed by atoms with Crippen LogP contribution >= 0.6 is 11.8 Å². The third-order valence-corrected chi connectivity index (χ3v) is 2.80. The third kappa shape index (κ3) is 2.76. The summed E-state index contributed by atoms with van der Waals surface area (Å²) in [5.41, 5.74) is 0. The normalized spacial score (nSPS) is 14.5. The molecule has 3 heteroatoms. The van der Waals surface area contributed by atoms with Crippen LogP contribution in [0.5, 0.6) is 0 Å². The molecule has 0 amide bonds. The Morgan fingerprint density at radius 2 is 2.08 bits per heavy atom. The quantitative estimate of drug-likeness (QED) is 0.747. The van der Waals surface area contributed by atoms with E-state index in [4.69, 9.17) is 10.4 Å². The van der Waals surface area contributed by atoms with Gasteiger partial charge in [0, 0.05) is 4.90 Å². The van der Waals surface area contributed by atoms with Crippen LogP contribution in [0.15, 0.2) is 35.2 Å². The zero-order valence-corrected chi connectivity index (χ0v) is 8.21. The molecule has 13 heavy (non-hydrogen) atoms. The topological polar surface area (TPSA) is 44.0 Å². The molecule has 1 aromatic rings. The molecule has 1 atom stereocenters. The van der Waals surface area contributed by atoms with E-state index in [1.54, 1.807) is 6.92 Å². The third-order valence-electron chi connectivity index (χ3n) is 1.62. The van der Waals surface area contributed by atoms with Gasteiger partial charge in [0.2, 0.25) is 0 Å². The monoisotopic (exact) mass is 193 g/mol. The fraction of sp³-hybridized carbons (Fsp3) is 0.300. The van der Waals surface area contributed by atoms with Crippen LogP contribution < -0.4 is 0 Å². The lowest BCUT2D eigenvalue weighted by Gasteiger charge is -2.17. The van der Waals surface area contributed by atoms with Crippen molar-refractivity contribution in [3.05, 3.63) is 30.3 Å². The van der Waals surface area contributed by atoms with Gasteiger partial charge in [0.25, 0.3) is 0 Å². The Morgan fingerprint density at radius 3 is 2.54 bits per heavy atom. The Balaban J connectivity index is 2.75. The Kier molecular flexibility index (Phi) is 3.35. The molecule has 1 aromatic carbocycles. The molecule has 0 aliphatic heterocycles. The molecule has 1 rings (SSSR count). The van der Waals surface area contributed by atoms with Gasteiger partial charge < -0.3 is 5.11 Å². The van der Waals surface area contributed by atoms with Crippen molar-refractivity contribution in [2.24, 2.45) is 0 Å². The molecule has 0 saturated heterocycles. The van der Waals surface area contributed by atoms with Crippen LogP contribution in [-0.4, -0.2) is 16.5 Å². The minimum Gasteiger partial charge on any atom is -0.394 e. The summed E-state index contributed by atoms with van der Waals surface area (Å²) >= 11 is 1.38. The SMILES string of the molecule is CC(C#N)(CO)Sc1ccccc1. The van der Waals surface area contributed by atoms with Crippen molar-refractivity contribution < 1.29 is 5.11 Å². The fourth-order valence-corrected chi connectivity index (χ4v) is 1.76. The van der Waals surface area contributed by atoms with Crippen LogP contribution in [0, 0.1) is 11.3 Å². The molecule has 1 N–H and O–H groups in total. The van der Waals surface area contributed by atoms with E-state index in [1.165, 1.54) is 11.8 Å². The second-order valence-corrected chi connectivity index (χ2v) is 4.49. The van der Waals surface area contributed by atoms with Gasteiger partial charge in [-0.25, -0.2) is 0 Å². The Morgan fingerprint density at radius 1 is 1.46 bits per heavy atom. The zero-order valence-electron chi connectivity index (χ0n) is 7.40. The molecule has 68 valence electrons. The van der Waals surface area contributed by atoms with Crippen LogP contribution in [0.2, 0.25) is 0 Å². The van der Waals surface area contributed by atoms with E-state index in [9.17, 15) is 0 Å². The Labute approximate surface area is 82.2 Å². The first-order chi connectivity index (χ1) is 6.20. The van der Waals surface area contributed by atoms with Gasteiger partial charge in [-0.05, 0) is 19.1 Å². The van der Waals surface area contributed by atoms with Gasteiger partial charge in [-0.2, -0.15) is 5.26 Å².